The number of carbonyl (C=O) groups is 2. The predicted octanol–water partition coefficient (Wildman–Crippen LogP) is 4.01. The second-order valence-electron chi connectivity index (χ2n) is 12.2. The number of hydrogen-bond donors (Lipinski definition) is 2. The minimum absolute atomic E-state index is 0.0214. The molecule has 1 fully saturated rings. The molecule has 0 radical (unpaired) electrons. The van der Waals surface area contributed by atoms with E-state index in [0.29, 0.717) is 6.42 Å². The van der Waals surface area contributed by atoms with Crippen molar-refractivity contribution in [2.45, 2.75) is 123 Å². The van der Waals surface area contributed by atoms with E-state index in [4.69, 9.17) is 18.4 Å². The number of aliphatic hydroxyl groups is 2. The quantitative estimate of drug-likeness (QED) is 0.115. The van der Waals surface area contributed by atoms with Gasteiger partial charge in [0, 0.05) is 18.8 Å². The molecule has 0 aromatic rings. The molecule has 0 amide bonds. The van der Waals surface area contributed by atoms with Crippen molar-refractivity contribution in [3.8, 4) is 0 Å². The lowest BCUT2D eigenvalue weighted by Gasteiger charge is -2.32. The number of epoxide rings is 1. The number of carbonyl (C=O) groups excluding carboxylic acids is 2. The van der Waals surface area contributed by atoms with Gasteiger partial charge in [0.1, 0.15) is 17.8 Å². The summed E-state index contributed by atoms with van der Waals surface area (Å²) < 4.78 is 45.4. The number of allylic oxidation sites excluding steroid dienone is 3. The van der Waals surface area contributed by atoms with Crippen LogP contribution in [-0.2, 0) is 38.1 Å². The first kappa shape index (κ1) is 36.1. The van der Waals surface area contributed by atoms with Crippen LogP contribution in [0.4, 0.5) is 0 Å². The van der Waals surface area contributed by atoms with Crippen molar-refractivity contribution in [2.75, 3.05) is 6.26 Å². The van der Waals surface area contributed by atoms with Crippen LogP contribution in [0.1, 0.15) is 80.6 Å². The average Bonchev–Trinajstić information content (AvgIpc) is 3.63. The second kappa shape index (κ2) is 15.6. The smallest absolute Gasteiger partial charge is 0.309 e. The third-order valence-corrected chi connectivity index (χ3v) is 8.49. The fourth-order valence-corrected chi connectivity index (χ4v) is 6.10. The van der Waals surface area contributed by atoms with Gasteiger partial charge in [0.05, 0.1) is 37.1 Å². The highest BCUT2D eigenvalue weighted by molar-refractivity contribution is 7.86. The van der Waals surface area contributed by atoms with Gasteiger partial charge in [-0.15, -0.1) is 0 Å². The summed E-state index contributed by atoms with van der Waals surface area (Å²) in [5.74, 6) is -1.27. The van der Waals surface area contributed by atoms with E-state index in [9.17, 15) is 28.2 Å². The lowest BCUT2D eigenvalue weighted by Crippen LogP contribution is -2.42. The highest BCUT2D eigenvalue weighted by Crippen LogP contribution is 2.37. The van der Waals surface area contributed by atoms with Crippen molar-refractivity contribution in [1.29, 1.82) is 0 Å². The molecule has 2 N–H and O–H groups in total. The van der Waals surface area contributed by atoms with Crippen LogP contribution in [-0.4, -0.2) is 79.1 Å². The average molecular weight is 615 g/mol. The van der Waals surface area contributed by atoms with Crippen LogP contribution in [0.15, 0.2) is 36.0 Å². The van der Waals surface area contributed by atoms with Crippen molar-refractivity contribution in [1.82, 2.24) is 0 Å². The highest BCUT2D eigenvalue weighted by Gasteiger charge is 2.46. The molecule has 0 saturated carbocycles. The zero-order valence-corrected chi connectivity index (χ0v) is 27.0. The standard InChI is InChI=1S/C31H50O10S/c1-9-25(41-42(8,36)37)22(5)30-26(39-30)17-19(2)11-10-12-20(3)29-21(4)13-14-27(38-23(6)32)31(7,35)16-15-24(33)18-28(34)40-29/h10-14,19,21-22,24-27,29-30,33,35H,9,15-18H2,1-8H3/b11-10+,14-13-,20-12+. The molecule has 2 heterocycles. The molecule has 10 unspecified atom stereocenters. The predicted molar refractivity (Wildman–Crippen MR) is 159 cm³/mol. The monoisotopic (exact) mass is 614 g/mol. The van der Waals surface area contributed by atoms with Gasteiger partial charge >= 0.3 is 11.9 Å². The van der Waals surface area contributed by atoms with E-state index in [-0.39, 0.29) is 49.2 Å². The molecule has 0 aromatic carbocycles. The Balaban J connectivity index is 2.10. The van der Waals surface area contributed by atoms with Gasteiger partial charge in [-0.3, -0.25) is 13.8 Å². The van der Waals surface area contributed by atoms with Crippen molar-refractivity contribution >= 4 is 22.1 Å². The Kier molecular flexibility index (Phi) is 13.4. The third-order valence-electron chi connectivity index (χ3n) is 7.90. The second-order valence-corrected chi connectivity index (χ2v) is 13.8. The number of ether oxygens (including phenoxy) is 3. The number of rotatable bonds is 11. The first-order chi connectivity index (χ1) is 19.4. The molecule has 0 bridgehead atoms. The van der Waals surface area contributed by atoms with Gasteiger partial charge in [0.15, 0.2) is 0 Å². The Morgan fingerprint density at radius 3 is 2.52 bits per heavy atom. The lowest BCUT2D eigenvalue weighted by atomic mass is 9.88. The molecule has 0 spiro atoms. The summed E-state index contributed by atoms with van der Waals surface area (Å²) in [6.45, 7) is 12.4. The Morgan fingerprint density at radius 1 is 1.26 bits per heavy atom. The topological polar surface area (TPSA) is 149 Å². The number of cyclic esters (lactones) is 1. The summed E-state index contributed by atoms with van der Waals surface area (Å²) in [7, 11) is -3.54. The van der Waals surface area contributed by atoms with Crippen molar-refractivity contribution in [2.24, 2.45) is 17.8 Å². The Labute approximate surface area is 251 Å². The minimum atomic E-state index is -3.54. The first-order valence-electron chi connectivity index (χ1n) is 14.8. The molecule has 0 aliphatic carbocycles. The summed E-state index contributed by atoms with van der Waals surface area (Å²) in [5.41, 5.74) is -0.643. The maximum Gasteiger partial charge on any atom is 0.309 e. The SMILES string of the molecule is CCC(OS(C)(=O)=O)C(C)C1OC1CC(C)/C=C/C=C(\C)C1OC(=O)CC(O)CCC(C)(O)C(OC(C)=O)/C=C\C1C. The highest BCUT2D eigenvalue weighted by atomic mass is 32.2. The molecule has 10 atom stereocenters. The van der Waals surface area contributed by atoms with Crippen molar-refractivity contribution in [3.63, 3.8) is 0 Å². The first-order valence-corrected chi connectivity index (χ1v) is 16.6. The van der Waals surface area contributed by atoms with Crippen molar-refractivity contribution < 1.29 is 46.6 Å². The van der Waals surface area contributed by atoms with Gasteiger partial charge in [-0.1, -0.05) is 52.0 Å². The fourth-order valence-electron chi connectivity index (χ4n) is 5.34. The summed E-state index contributed by atoms with van der Waals surface area (Å²) in [4.78, 5) is 24.3. The van der Waals surface area contributed by atoms with E-state index in [2.05, 4.69) is 6.92 Å². The molecular formula is C31H50O10S. The van der Waals surface area contributed by atoms with E-state index in [1.807, 2.05) is 45.9 Å². The minimum Gasteiger partial charge on any atom is -0.457 e. The van der Waals surface area contributed by atoms with Crippen LogP contribution in [0.3, 0.4) is 0 Å². The van der Waals surface area contributed by atoms with Gasteiger partial charge in [0.2, 0.25) is 0 Å². The van der Waals surface area contributed by atoms with E-state index >= 15 is 0 Å². The zero-order chi connectivity index (χ0) is 31.8. The summed E-state index contributed by atoms with van der Waals surface area (Å²) in [5, 5.41) is 21.3. The van der Waals surface area contributed by atoms with Gasteiger partial charge < -0.3 is 24.4 Å². The maximum atomic E-state index is 12.6. The molecule has 10 nitrogen and oxygen atoms in total. The normalized spacial score (nSPS) is 34.4. The molecular weight excluding hydrogens is 564 g/mol. The number of hydrogen-bond acceptors (Lipinski definition) is 10. The molecule has 1 saturated heterocycles. The Morgan fingerprint density at radius 2 is 1.93 bits per heavy atom. The van der Waals surface area contributed by atoms with Gasteiger partial charge in [-0.25, -0.2) is 0 Å². The lowest BCUT2D eigenvalue weighted by molar-refractivity contribution is -0.157. The molecule has 2 rings (SSSR count). The van der Waals surface area contributed by atoms with E-state index < -0.39 is 52.1 Å². The van der Waals surface area contributed by atoms with Gasteiger partial charge in [-0.2, -0.15) is 8.42 Å². The van der Waals surface area contributed by atoms with Crippen LogP contribution in [0.5, 0.6) is 0 Å². The van der Waals surface area contributed by atoms with Gasteiger partial charge in [-0.05, 0) is 57.1 Å². The number of esters is 2. The summed E-state index contributed by atoms with van der Waals surface area (Å²) in [6.07, 6.45) is 8.62. The van der Waals surface area contributed by atoms with Crippen molar-refractivity contribution in [3.05, 3.63) is 36.0 Å². The molecule has 2 aliphatic rings. The fraction of sp³-hybridized carbons (Fsp3) is 0.742. The zero-order valence-electron chi connectivity index (χ0n) is 26.2. The van der Waals surface area contributed by atoms with Crippen LogP contribution in [0.25, 0.3) is 0 Å². The van der Waals surface area contributed by atoms with E-state index in [1.165, 1.54) is 6.92 Å². The molecule has 240 valence electrons. The molecule has 0 aromatic heterocycles. The molecule has 11 heteroatoms. The number of aliphatic hydroxyl groups excluding tert-OH is 1. The van der Waals surface area contributed by atoms with E-state index in [1.54, 1.807) is 19.1 Å². The molecule has 42 heavy (non-hydrogen) atoms. The summed E-state index contributed by atoms with van der Waals surface area (Å²) >= 11 is 0. The van der Waals surface area contributed by atoms with Crippen LogP contribution in [0.2, 0.25) is 0 Å². The van der Waals surface area contributed by atoms with Crippen LogP contribution >= 0.6 is 0 Å². The van der Waals surface area contributed by atoms with E-state index in [0.717, 1.165) is 18.2 Å². The Bertz CT molecular complexity index is 1110. The maximum absolute atomic E-state index is 12.6. The third kappa shape index (κ3) is 11.9. The Hall–Kier alpha value is -2.05. The summed E-state index contributed by atoms with van der Waals surface area (Å²) in [6, 6.07) is 0. The van der Waals surface area contributed by atoms with Gasteiger partial charge in [0.25, 0.3) is 10.1 Å². The largest absolute Gasteiger partial charge is 0.457 e. The molecule has 2 aliphatic heterocycles. The van der Waals surface area contributed by atoms with Crippen LogP contribution < -0.4 is 0 Å². The van der Waals surface area contributed by atoms with Crippen LogP contribution in [0, 0.1) is 17.8 Å².